The first-order valence-corrected chi connectivity index (χ1v) is 4.35. The summed E-state index contributed by atoms with van der Waals surface area (Å²) in [6, 6.07) is 4.26. The third-order valence-corrected chi connectivity index (χ3v) is 1.73. The molecule has 1 aromatic heterocycles. The van der Waals surface area contributed by atoms with Crippen LogP contribution in [0.25, 0.3) is 0 Å². The Labute approximate surface area is 79.4 Å². The highest BCUT2D eigenvalue weighted by molar-refractivity contribution is 5.36. The Morgan fingerprint density at radius 2 is 2.38 bits per heavy atom. The molecule has 0 aliphatic carbocycles. The van der Waals surface area contributed by atoms with Crippen molar-refractivity contribution in [3.63, 3.8) is 0 Å². The standard InChI is InChI=1S/C11H14N2/c1-4-5-10(3)13-11-7-6-9(2)8-12-11/h1,6-8,10H,5H2,2-3H3,(H,12,13). The van der Waals surface area contributed by atoms with Crippen molar-refractivity contribution in [1.82, 2.24) is 4.98 Å². The highest BCUT2D eigenvalue weighted by Crippen LogP contribution is 2.06. The Bertz CT molecular complexity index is 295. The van der Waals surface area contributed by atoms with Crippen LogP contribution >= 0.6 is 0 Å². The summed E-state index contributed by atoms with van der Waals surface area (Å²) in [5.74, 6) is 3.49. The highest BCUT2D eigenvalue weighted by atomic mass is 15.0. The number of rotatable bonds is 3. The number of hydrogen-bond acceptors (Lipinski definition) is 2. The molecule has 0 fully saturated rings. The van der Waals surface area contributed by atoms with Crippen LogP contribution in [0.2, 0.25) is 0 Å². The Morgan fingerprint density at radius 1 is 1.62 bits per heavy atom. The summed E-state index contributed by atoms with van der Waals surface area (Å²) in [5.41, 5.74) is 1.16. The number of hydrogen-bond donors (Lipinski definition) is 1. The molecule has 1 N–H and O–H groups in total. The van der Waals surface area contributed by atoms with Gasteiger partial charge in [0.2, 0.25) is 0 Å². The van der Waals surface area contributed by atoms with Crippen LogP contribution in [0.3, 0.4) is 0 Å². The van der Waals surface area contributed by atoms with Gasteiger partial charge in [-0.25, -0.2) is 4.98 Å². The normalized spacial score (nSPS) is 11.8. The average molecular weight is 174 g/mol. The molecule has 2 nitrogen and oxygen atoms in total. The molecule has 0 bridgehead atoms. The summed E-state index contributed by atoms with van der Waals surface area (Å²) in [4.78, 5) is 4.22. The van der Waals surface area contributed by atoms with Crippen molar-refractivity contribution in [2.45, 2.75) is 26.3 Å². The van der Waals surface area contributed by atoms with Gasteiger partial charge < -0.3 is 5.32 Å². The molecular weight excluding hydrogens is 160 g/mol. The van der Waals surface area contributed by atoms with Crippen LogP contribution < -0.4 is 5.32 Å². The number of aryl methyl sites for hydroxylation is 1. The highest BCUT2D eigenvalue weighted by Gasteiger charge is 1.99. The number of nitrogens with one attached hydrogen (secondary N) is 1. The molecule has 1 rings (SSSR count). The Balaban J connectivity index is 2.55. The van der Waals surface area contributed by atoms with Gasteiger partial charge in [0, 0.05) is 18.7 Å². The molecule has 0 aliphatic heterocycles. The predicted molar refractivity (Wildman–Crippen MR) is 55.5 cm³/mol. The van der Waals surface area contributed by atoms with Crippen LogP contribution in [0, 0.1) is 19.3 Å². The molecule has 0 aromatic carbocycles. The first kappa shape index (κ1) is 9.60. The van der Waals surface area contributed by atoms with Crippen molar-refractivity contribution in [2.24, 2.45) is 0 Å². The van der Waals surface area contributed by atoms with E-state index in [1.54, 1.807) is 0 Å². The zero-order valence-electron chi connectivity index (χ0n) is 8.04. The van der Waals surface area contributed by atoms with Crippen molar-refractivity contribution < 1.29 is 0 Å². The van der Waals surface area contributed by atoms with E-state index in [1.807, 2.05) is 32.2 Å². The van der Waals surface area contributed by atoms with E-state index in [9.17, 15) is 0 Å². The van der Waals surface area contributed by atoms with Gasteiger partial charge in [0.1, 0.15) is 5.82 Å². The third-order valence-electron chi connectivity index (χ3n) is 1.73. The lowest BCUT2D eigenvalue weighted by Crippen LogP contribution is -2.14. The largest absolute Gasteiger partial charge is 0.367 e. The van der Waals surface area contributed by atoms with Crippen LogP contribution in [-0.4, -0.2) is 11.0 Å². The zero-order valence-corrected chi connectivity index (χ0v) is 8.04. The van der Waals surface area contributed by atoms with E-state index >= 15 is 0 Å². The summed E-state index contributed by atoms with van der Waals surface area (Å²) >= 11 is 0. The van der Waals surface area contributed by atoms with Crippen molar-refractivity contribution in [1.29, 1.82) is 0 Å². The maximum Gasteiger partial charge on any atom is 0.126 e. The summed E-state index contributed by atoms with van der Waals surface area (Å²) in [6.45, 7) is 4.06. The molecule has 0 amide bonds. The minimum Gasteiger partial charge on any atom is -0.367 e. The molecule has 0 radical (unpaired) electrons. The second-order valence-electron chi connectivity index (χ2n) is 3.17. The summed E-state index contributed by atoms with van der Waals surface area (Å²) in [6.07, 6.45) is 7.75. The maximum atomic E-state index is 5.20. The Hall–Kier alpha value is -1.49. The second kappa shape index (κ2) is 4.51. The topological polar surface area (TPSA) is 24.9 Å². The summed E-state index contributed by atoms with van der Waals surface area (Å²) in [5, 5.41) is 3.22. The summed E-state index contributed by atoms with van der Waals surface area (Å²) < 4.78 is 0. The molecule has 0 aliphatic rings. The van der Waals surface area contributed by atoms with E-state index in [0.717, 1.165) is 17.8 Å². The fourth-order valence-electron chi connectivity index (χ4n) is 1.03. The summed E-state index contributed by atoms with van der Waals surface area (Å²) in [7, 11) is 0. The van der Waals surface area contributed by atoms with Crippen LogP contribution in [0.5, 0.6) is 0 Å². The van der Waals surface area contributed by atoms with Gasteiger partial charge >= 0.3 is 0 Å². The van der Waals surface area contributed by atoms with Crippen molar-refractivity contribution in [3.05, 3.63) is 23.9 Å². The van der Waals surface area contributed by atoms with E-state index in [-0.39, 0.29) is 6.04 Å². The SMILES string of the molecule is C#CCC(C)Nc1ccc(C)cn1. The molecule has 1 unspecified atom stereocenters. The molecule has 1 aromatic rings. The number of nitrogens with zero attached hydrogens (tertiary/aromatic N) is 1. The van der Waals surface area contributed by atoms with Gasteiger partial charge in [-0.05, 0) is 25.5 Å². The van der Waals surface area contributed by atoms with Gasteiger partial charge in [-0.1, -0.05) is 6.07 Å². The lowest BCUT2D eigenvalue weighted by molar-refractivity contribution is 0.821. The van der Waals surface area contributed by atoms with Crippen molar-refractivity contribution >= 4 is 5.82 Å². The number of terminal acetylenes is 1. The molecule has 1 atom stereocenters. The van der Waals surface area contributed by atoms with Crippen molar-refractivity contribution in [3.8, 4) is 12.3 Å². The first-order valence-electron chi connectivity index (χ1n) is 4.35. The Kier molecular flexibility index (Phi) is 3.33. The van der Waals surface area contributed by atoms with Crippen LogP contribution in [-0.2, 0) is 0 Å². The molecule has 13 heavy (non-hydrogen) atoms. The van der Waals surface area contributed by atoms with Crippen LogP contribution in [0.15, 0.2) is 18.3 Å². The van der Waals surface area contributed by atoms with Gasteiger partial charge in [0.05, 0.1) is 0 Å². The number of anilines is 1. The first-order chi connectivity index (χ1) is 6.22. The second-order valence-corrected chi connectivity index (χ2v) is 3.17. The van der Waals surface area contributed by atoms with Crippen LogP contribution in [0.1, 0.15) is 18.9 Å². The van der Waals surface area contributed by atoms with Gasteiger partial charge in [0.25, 0.3) is 0 Å². The smallest absolute Gasteiger partial charge is 0.126 e. The number of aromatic nitrogens is 1. The van der Waals surface area contributed by atoms with Gasteiger partial charge in [-0.3, -0.25) is 0 Å². The van der Waals surface area contributed by atoms with E-state index in [1.165, 1.54) is 0 Å². The maximum absolute atomic E-state index is 5.20. The van der Waals surface area contributed by atoms with E-state index < -0.39 is 0 Å². The average Bonchev–Trinajstić information content (AvgIpc) is 2.09. The fourth-order valence-corrected chi connectivity index (χ4v) is 1.03. The van der Waals surface area contributed by atoms with Gasteiger partial charge in [0.15, 0.2) is 0 Å². The molecular formula is C11H14N2. The predicted octanol–water partition coefficient (Wildman–Crippen LogP) is 2.21. The lowest BCUT2D eigenvalue weighted by Gasteiger charge is -2.10. The molecule has 2 heteroatoms. The molecule has 68 valence electrons. The molecule has 1 heterocycles. The van der Waals surface area contributed by atoms with E-state index in [0.29, 0.717) is 0 Å². The van der Waals surface area contributed by atoms with E-state index in [2.05, 4.69) is 16.2 Å². The van der Waals surface area contributed by atoms with Crippen LogP contribution in [0.4, 0.5) is 5.82 Å². The lowest BCUT2D eigenvalue weighted by atomic mass is 10.2. The quantitative estimate of drug-likeness (QED) is 0.711. The Morgan fingerprint density at radius 3 is 2.92 bits per heavy atom. The minimum atomic E-state index is 0.278. The van der Waals surface area contributed by atoms with Gasteiger partial charge in [-0.2, -0.15) is 0 Å². The van der Waals surface area contributed by atoms with E-state index in [4.69, 9.17) is 6.42 Å². The monoisotopic (exact) mass is 174 g/mol. The molecule has 0 saturated carbocycles. The van der Waals surface area contributed by atoms with Gasteiger partial charge in [-0.15, -0.1) is 12.3 Å². The third kappa shape index (κ3) is 3.16. The minimum absolute atomic E-state index is 0.278. The molecule has 0 saturated heterocycles. The zero-order chi connectivity index (χ0) is 9.68. The number of pyridine rings is 1. The fraction of sp³-hybridized carbons (Fsp3) is 0.364. The molecule has 0 spiro atoms. The van der Waals surface area contributed by atoms with Crippen molar-refractivity contribution in [2.75, 3.05) is 5.32 Å².